The molecule has 0 aliphatic heterocycles. The van der Waals surface area contributed by atoms with Crippen molar-refractivity contribution in [3.8, 4) is 0 Å². The minimum absolute atomic E-state index is 0.118. The Morgan fingerprint density at radius 1 is 1.03 bits per heavy atom. The molecular weight excluding hydrogens is 424 g/mol. The Hall–Kier alpha value is -0.320. The van der Waals surface area contributed by atoms with Gasteiger partial charge in [-0.3, -0.25) is 4.55 Å². The van der Waals surface area contributed by atoms with E-state index in [0.29, 0.717) is 17.8 Å². The Balaban J connectivity index is 1.84. The molecule has 4 aliphatic carbocycles. The van der Waals surface area contributed by atoms with Crippen molar-refractivity contribution in [3.63, 3.8) is 0 Å². The molecule has 29 heavy (non-hydrogen) atoms. The molecule has 10 heteroatoms. The van der Waals surface area contributed by atoms with Gasteiger partial charge in [0.05, 0.1) is 0 Å². The van der Waals surface area contributed by atoms with E-state index in [1.165, 1.54) is 33.1 Å². The van der Waals surface area contributed by atoms with Gasteiger partial charge in [-0.2, -0.15) is 8.42 Å². The summed E-state index contributed by atoms with van der Waals surface area (Å²) in [4.78, 5) is 0. The smallest absolute Gasteiger partial charge is 0.285 e. The third-order valence-electron chi connectivity index (χ3n) is 7.91. The lowest BCUT2D eigenvalue weighted by Crippen LogP contribution is -2.63. The van der Waals surface area contributed by atoms with E-state index in [0.717, 1.165) is 26.2 Å². The van der Waals surface area contributed by atoms with Gasteiger partial charge in [-0.05, 0) is 81.5 Å². The van der Waals surface area contributed by atoms with Crippen LogP contribution in [0.5, 0.6) is 0 Å². The average molecular weight is 458 g/mol. The summed E-state index contributed by atoms with van der Waals surface area (Å²) < 4.78 is 88.9. The molecule has 6 nitrogen and oxygen atoms in total. The predicted octanol–water partition coefficient (Wildman–Crippen LogP) is 3.59. The van der Waals surface area contributed by atoms with Gasteiger partial charge in [-0.15, -0.1) is 0 Å². The maximum Gasteiger partial charge on any atom is 0.287 e. The fourth-order valence-electron chi connectivity index (χ4n) is 6.51. The van der Waals surface area contributed by atoms with Crippen LogP contribution < -0.4 is 4.72 Å². The number of rotatable bonds is 9. The molecule has 170 valence electrons. The molecule has 0 aromatic heterocycles. The fourth-order valence-corrected chi connectivity index (χ4v) is 9.34. The van der Waals surface area contributed by atoms with Crippen LogP contribution in [0.15, 0.2) is 0 Å². The van der Waals surface area contributed by atoms with E-state index >= 15 is 8.78 Å². The first-order valence-corrected chi connectivity index (χ1v) is 13.5. The minimum atomic E-state index is -5.12. The molecule has 0 amide bonds. The van der Waals surface area contributed by atoms with E-state index in [4.69, 9.17) is 0 Å². The second-order valence-corrected chi connectivity index (χ2v) is 13.7. The van der Waals surface area contributed by atoms with Crippen molar-refractivity contribution in [2.24, 2.45) is 23.2 Å². The van der Waals surface area contributed by atoms with Crippen LogP contribution in [0.2, 0.25) is 0 Å². The quantitative estimate of drug-likeness (QED) is 0.515. The summed E-state index contributed by atoms with van der Waals surface area (Å²) in [7, 11) is -9.68. The summed E-state index contributed by atoms with van der Waals surface area (Å²) in [6, 6.07) is 0. The number of sulfonamides is 1. The van der Waals surface area contributed by atoms with Gasteiger partial charge in [0.2, 0.25) is 10.0 Å². The van der Waals surface area contributed by atoms with Crippen molar-refractivity contribution < 1.29 is 30.2 Å². The highest BCUT2D eigenvalue weighted by Gasteiger charge is 2.65. The Morgan fingerprint density at radius 2 is 1.48 bits per heavy atom. The molecule has 0 aromatic carbocycles. The number of alkyl halides is 2. The van der Waals surface area contributed by atoms with E-state index in [1.807, 2.05) is 0 Å². The SMILES string of the molecule is CCC(C(F)(F)C(C)(CC)S(=O)(=O)NCC12CC3CC(CC(C3)C1)C2)S(=O)(=O)O. The average Bonchev–Trinajstić information content (AvgIpc) is 2.57. The van der Waals surface area contributed by atoms with Gasteiger partial charge in [0, 0.05) is 6.54 Å². The van der Waals surface area contributed by atoms with Crippen molar-refractivity contribution in [1.82, 2.24) is 4.72 Å². The van der Waals surface area contributed by atoms with Gasteiger partial charge < -0.3 is 0 Å². The summed E-state index contributed by atoms with van der Waals surface area (Å²) in [5.74, 6) is -2.38. The van der Waals surface area contributed by atoms with Crippen LogP contribution in [0.4, 0.5) is 8.78 Å². The molecule has 2 unspecified atom stereocenters. The van der Waals surface area contributed by atoms with Crippen LogP contribution in [0.3, 0.4) is 0 Å². The van der Waals surface area contributed by atoms with Gasteiger partial charge >= 0.3 is 0 Å². The third-order valence-corrected chi connectivity index (χ3v) is 11.5. The maximum absolute atomic E-state index is 15.3. The molecule has 0 spiro atoms. The number of nitrogens with one attached hydrogen (secondary N) is 1. The number of hydrogen-bond donors (Lipinski definition) is 2. The first-order chi connectivity index (χ1) is 13.2. The van der Waals surface area contributed by atoms with E-state index in [1.54, 1.807) is 0 Å². The van der Waals surface area contributed by atoms with E-state index < -0.39 is 48.9 Å². The highest BCUT2D eigenvalue weighted by atomic mass is 32.2. The van der Waals surface area contributed by atoms with Crippen molar-refractivity contribution in [2.75, 3.05) is 6.54 Å². The molecular formula is C19H33F2NO5S2. The third kappa shape index (κ3) is 3.87. The van der Waals surface area contributed by atoms with Crippen LogP contribution in [0.25, 0.3) is 0 Å². The standard InChI is InChI=1S/C19H33F2NO5S2/c1-4-16(28(23,24)25)19(20,21)17(3,5-2)29(26,27)22-12-18-9-13-6-14(10-18)8-15(7-13)11-18/h13-16,22H,4-12H2,1-3H3,(H,23,24,25). The highest BCUT2D eigenvalue weighted by molar-refractivity contribution is 7.91. The van der Waals surface area contributed by atoms with E-state index in [9.17, 15) is 21.4 Å². The maximum atomic E-state index is 15.3. The lowest BCUT2D eigenvalue weighted by Gasteiger charge is -2.57. The van der Waals surface area contributed by atoms with Crippen molar-refractivity contribution in [1.29, 1.82) is 0 Å². The molecule has 4 rings (SSSR count). The normalized spacial score (nSPS) is 35.4. The zero-order valence-electron chi connectivity index (χ0n) is 17.3. The lowest BCUT2D eigenvalue weighted by molar-refractivity contribution is -0.0520. The lowest BCUT2D eigenvalue weighted by atomic mass is 9.50. The molecule has 0 aromatic rings. The van der Waals surface area contributed by atoms with Gasteiger partial charge in [0.25, 0.3) is 16.0 Å². The molecule has 2 atom stereocenters. The summed E-state index contributed by atoms with van der Waals surface area (Å²) in [6.45, 7) is 3.49. The molecule has 2 N–H and O–H groups in total. The van der Waals surface area contributed by atoms with Crippen LogP contribution >= 0.6 is 0 Å². The fraction of sp³-hybridized carbons (Fsp3) is 1.00. The highest BCUT2D eigenvalue weighted by Crippen LogP contribution is 2.60. The van der Waals surface area contributed by atoms with Gasteiger partial charge in [-0.1, -0.05) is 13.8 Å². The zero-order valence-corrected chi connectivity index (χ0v) is 19.0. The molecule has 4 bridgehead atoms. The van der Waals surface area contributed by atoms with Crippen molar-refractivity contribution in [2.45, 2.75) is 88.1 Å². The Kier molecular flexibility index (Phi) is 5.94. The van der Waals surface area contributed by atoms with Crippen LogP contribution in [-0.4, -0.2) is 43.9 Å². The second kappa shape index (κ2) is 7.38. The molecule has 0 saturated heterocycles. The van der Waals surface area contributed by atoms with Crippen LogP contribution in [0.1, 0.15) is 72.1 Å². The Morgan fingerprint density at radius 3 is 1.83 bits per heavy atom. The van der Waals surface area contributed by atoms with Gasteiger partial charge in [0.1, 0.15) is 4.75 Å². The monoisotopic (exact) mass is 457 g/mol. The minimum Gasteiger partial charge on any atom is -0.285 e. The molecule has 0 radical (unpaired) electrons. The number of halogens is 2. The summed E-state index contributed by atoms with van der Waals surface area (Å²) >= 11 is 0. The first-order valence-electron chi connectivity index (χ1n) is 10.5. The summed E-state index contributed by atoms with van der Waals surface area (Å²) in [6.07, 6.45) is 5.24. The van der Waals surface area contributed by atoms with Crippen LogP contribution in [0, 0.1) is 23.2 Å². The largest absolute Gasteiger partial charge is 0.287 e. The Labute approximate surface area is 173 Å². The predicted molar refractivity (Wildman–Crippen MR) is 107 cm³/mol. The van der Waals surface area contributed by atoms with Crippen molar-refractivity contribution in [3.05, 3.63) is 0 Å². The molecule has 4 aliphatic rings. The Bertz CT molecular complexity index is 807. The summed E-state index contributed by atoms with van der Waals surface area (Å²) in [5, 5.41) is -2.48. The topological polar surface area (TPSA) is 101 Å². The van der Waals surface area contributed by atoms with E-state index in [2.05, 4.69) is 4.72 Å². The molecule has 4 saturated carbocycles. The first kappa shape index (κ1) is 23.3. The molecule has 4 fully saturated rings. The number of hydrogen-bond acceptors (Lipinski definition) is 4. The van der Waals surface area contributed by atoms with E-state index in [-0.39, 0.29) is 12.0 Å². The molecule has 0 heterocycles. The van der Waals surface area contributed by atoms with Gasteiger partial charge in [-0.25, -0.2) is 21.9 Å². The summed E-state index contributed by atoms with van der Waals surface area (Å²) in [5.41, 5.74) is -0.182. The van der Waals surface area contributed by atoms with Crippen molar-refractivity contribution >= 4 is 20.1 Å². The van der Waals surface area contributed by atoms with Gasteiger partial charge in [0.15, 0.2) is 5.25 Å². The second-order valence-electron chi connectivity index (χ2n) is 9.86. The zero-order chi connectivity index (χ0) is 21.9. The van der Waals surface area contributed by atoms with Crippen LogP contribution in [-0.2, 0) is 20.1 Å².